The van der Waals surface area contributed by atoms with Gasteiger partial charge in [-0.1, -0.05) is 12.8 Å². The van der Waals surface area contributed by atoms with Crippen LogP contribution in [0, 0.1) is 5.92 Å². The Bertz CT molecular complexity index is 446. The number of aromatic nitrogens is 1. The minimum Gasteiger partial charge on any atom is -0.383 e. The van der Waals surface area contributed by atoms with Gasteiger partial charge in [-0.05, 0) is 37.3 Å². The summed E-state index contributed by atoms with van der Waals surface area (Å²) in [6.45, 7) is 0. The van der Waals surface area contributed by atoms with Gasteiger partial charge in [0.15, 0.2) is 5.78 Å². The van der Waals surface area contributed by atoms with Crippen LogP contribution >= 0.6 is 0 Å². The number of carbonyl (C=O) groups excluding carboxylic acids is 1. The Morgan fingerprint density at radius 3 is 3.00 bits per heavy atom. The largest absolute Gasteiger partial charge is 0.383 e. The van der Waals surface area contributed by atoms with E-state index in [4.69, 9.17) is 5.73 Å². The molecule has 1 aliphatic carbocycles. The summed E-state index contributed by atoms with van der Waals surface area (Å²) in [4.78, 5) is 16.4. The maximum Gasteiger partial charge on any atom is 0.183 e. The van der Waals surface area contributed by atoms with Crippen molar-refractivity contribution in [2.75, 3.05) is 5.73 Å². The first-order chi connectivity index (χ1) is 8.75. The second-order valence-corrected chi connectivity index (χ2v) is 5.41. The van der Waals surface area contributed by atoms with Crippen molar-refractivity contribution in [3.05, 3.63) is 23.9 Å². The number of pyridine rings is 1. The molecule has 1 aromatic heterocycles. The van der Waals surface area contributed by atoms with Gasteiger partial charge < -0.3 is 11.1 Å². The average Bonchev–Trinajstić information content (AvgIpc) is 2.82. The number of hydrogen-bond donors (Lipinski definition) is 2. The molecule has 18 heavy (non-hydrogen) atoms. The fourth-order valence-electron chi connectivity index (χ4n) is 3.33. The van der Waals surface area contributed by atoms with Crippen LogP contribution in [0.2, 0.25) is 0 Å². The molecular weight excluding hydrogens is 226 g/mol. The third kappa shape index (κ3) is 2.01. The summed E-state index contributed by atoms with van der Waals surface area (Å²) in [7, 11) is 0. The van der Waals surface area contributed by atoms with Crippen LogP contribution in [-0.2, 0) is 0 Å². The molecule has 1 aliphatic heterocycles. The fraction of sp³-hybridized carbons (Fsp3) is 0.571. The van der Waals surface area contributed by atoms with Crippen molar-refractivity contribution in [3.63, 3.8) is 0 Å². The number of nitrogens with zero attached hydrogens (tertiary/aromatic N) is 1. The van der Waals surface area contributed by atoms with Crippen molar-refractivity contribution < 1.29 is 4.79 Å². The molecule has 2 heterocycles. The quantitative estimate of drug-likeness (QED) is 0.779. The van der Waals surface area contributed by atoms with E-state index in [2.05, 4.69) is 10.3 Å². The summed E-state index contributed by atoms with van der Waals surface area (Å²) in [5.74, 6) is 1.12. The minimum atomic E-state index is -0.0652. The van der Waals surface area contributed by atoms with Crippen LogP contribution in [0.15, 0.2) is 18.3 Å². The third-order valence-electron chi connectivity index (χ3n) is 4.28. The minimum absolute atomic E-state index is 0.0652. The van der Waals surface area contributed by atoms with E-state index in [1.54, 1.807) is 18.3 Å². The summed E-state index contributed by atoms with van der Waals surface area (Å²) in [5, 5.41) is 3.49. The zero-order chi connectivity index (χ0) is 12.5. The first-order valence-corrected chi connectivity index (χ1v) is 6.76. The summed E-state index contributed by atoms with van der Waals surface area (Å²) in [6.07, 6.45) is 7.62. The number of carbonyl (C=O) groups is 1. The number of nitrogens with two attached hydrogens (primary N) is 1. The molecule has 1 saturated heterocycles. The lowest BCUT2D eigenvalue weighted by Crippen LogP contribution is -2.37. The van der Waals surface area contributed by atoms with E-state index in [1.165, 1.54) is 25.7 Å². The molecule has 4 nitrogen and oxygen atoms in total. The molecule has 2 aliphatic rings. The molecule has 2 fully saturated rings. The number of fused-ring (bicyclic) bond motifs is 1. The summed E-state index contributed by atoms with van der Waals surface area (Å²) >= 11 is 0. The molecular formula is C14H19N3O. The van der Waals surface area contributed by atoms with Crippen molar-refractivity contribution in [2.24, 2.45) is 5.92 Å². The topological polar surface area (TPSA) is 68.0 Å². The van der Waals surface area contributed by atoms with Gasteiger partial charge in [-0.2, -0.15) is 0 Å². The highest BCUT2D eigenvalue weighted by Gasteiger charge is 2.38. The highest BCUT2D eigenvalue weighted by atomic mass is 16.1. The Morgan fingerprint density at radius 1 is 1.39 bits per heavy atom. The Kier molecular flexibility index (Phi) is 3.04. The van der Waals surface area contributed by atoms with Gasteiger partial charge in [0.2, 0.25) is 0 Å². The zero-order valence-electron chi connectivity index (χ0n) is 10.4. The Balaban J connectivity index is 1.76. The van der Waals surface area contributed by atoms with Crippen LogP contribution in [0.25, 0.3) is 0 Å². The number of anilines is 1. The van der Waals surface area contributed by atoms with E-state index in [0.717, 1.165) is 6.42 Å². The maximum atomic E-state index is 12.4. The van der Waals surface area contributed by atoms with Gasteiger partial charge in [0, 0.05) is 12.2 Å². The molecule has 3 unspecified atom stereocenters. The molecule has 4 heteroatoms. The average molecular weight is 245 g/mol. The number of nitrogens with one attached hydrogen (secondary N) is 1. The van der Waals surface area contributed by atoms with Crippen LogP contribution in [0.4, 0.5) is 5.82 Å². The first-order valence-electron chi connectivity index (χ1n) is 6.76. The van der Waals surface area contributed by atoms with Crippen molar-refractivity contribution in [2.45, 2.75) is 44.2 Å². The molecule has 0 bridgehead atoms. The second-order valence-electron chi connectivity index (χ2n) is 5.41. The van der Waals surface area contributed by atoms with Crippen LogP contribution in [0.5, 0.6) is 0 Å². The van der Waals surface area contributed by atoms with Crippen LogP contribution in [0.1, 0.15) is 42.5 Å². The lowest BCUT2D eigenvalue weighted by atomic mass is 9.84. The number of ketones is 1. The number of rotatable bonds is 2. The van der Waals surface area contributed by atoms with Gasteiger partial charge in [0.05, 0.1) is 11.6 Å². The summed E-state index contributed by atoms with van der Waals surface area (Å²) in [5.41, 5.74) is 6.34. The third-order valence-corrected chi connectivity index (χ3v) is 4.28. The van der Waals surface area contributed by atoms with Gasteiger partial charge in [-0.25, -0.2) is 4.98 Å². The van der Waals surface area contributed by atoms with Crippen molar-refractivity contribution in [1.82, 2.24) is 10.3 Å². The van der Waals surface area contributed by atoms with E-state index in [9.17, 15) is 4.79 Å². The Labute approximate surface area is 107 Å². The highest BCUT2D eigenvalue weighted by Crippen LogP contribution is 2.34. The van der Waals surface area contributed by atoms with Crippen LogP contribution in [0.3, 0.4) is 0 Å². The van der Waals surface area contributed by atoms with Gasteiger partial charge in [-0.15, -0.1) is 0 Å². The molecule has 0 amide bonds. The standard InChI is InChI=1S/C14H19N3O/c15-14-10(5-3-7-16-14)13(18)12-8-9-4-1-2-6-11(9)17-12/h3,5,7,9,11-12,17H,1-2,4,6,8H2,(H2,15,16). The Morgan fingerprint density at radius 2 is 2.22 bits per heavy atom. The van der Waals surface area contributed by atoms with E-state index < -0.39 is 0 Å². The lowest BCUT2D eigenvalue weighted by molar-refractivity contribution is 0.0949. The summed E-state index contributed by atoms with van der Waals surface area (Å²) in [6, 6.07) is 4.01. The van der Waals surface area contributed by atoms with E-state index in [1.807, 2.05) is 0 Å². The molecule has 3 atom stereocenters. The SMILES string of the molecule is Nc1ncccc1C(=O)C1CC2CCCCC2N1. The van der Waals surface area contributed by atoms with Crippen LogP contribution in [-0.4, -0.2) is 22.9 Å². The van der Waals surface area contributed by atoms with E-state index in [0.29, 0.717) is 23.3 Å². The van der Waals surface area contributed by atoms with E-state index in [-0.39, 0.29) is 11.8 Å². The summed E-state index contributed by atoms with van der Waals surface area (Å²) < 4.78 is 0. The van der Waals surface area contributed by atoms with Gasteiger partial charge >= 0.3 is 0 Å². The lowest BCUT2D eigenvalue weighted by Gasteiger charge is -2.24. The Hall–Kier alpha value is -1.42. The smallest absolute Gasteiger partial charge is 0.183 e. The zero-order valence-corrected chi connectivity index (χ0v) is 10.4. The molecule has 1 aromatic rings. The van der Waals surface area contributed by atoms with E-state index >= 15 is 0 Å². The molecule has 96 valence electrons. The molecule has 0 spiro atoms. The molecule has 3 N–H and O–H groups in total. The number of hydrogen-bond acceptors (Lipinski definition) is 4. The van der Waals surface area contributed by atoms with Crippen LogP contribution < -0.4 is 11.1 Å². The van der Waals surface area contributed by atoms with Crippen molar-refractivity contribution in [3.8, 4) is 0 Å². The predicted molar refractivity (Wildman–Crippen MR) is 70.3 cm³/mol. The van der Waals surface area contributed by atoms with Crippen molar-refractivity contribution >= 4 is 11.6 Å². The predicted octanol–water partition coefficient (Wildman–Crippen LogP) is 1.77. The molecule has 0 aromatic carbocycles. The van der Waals surface area contributed by atoms with Crippen molar-refractivity contribution in [1.29, 1.82) is 0 Å². The van der Waals surface area contributed by atoms with Gasteiger partial charge in [0.1, 0.15) is 5.82 Å². The first kappa shape index (κ1) is 11.7. The maximum absolute atomic E-state index is 12.4. The number of Topliss-reactive ketones (excluding diaryl/α,β-unsaturated/α-hetero) is 1. The van der Waals surface area contributed by atoms with Gasteiger partial charge in [0.25, 0.3) is 0 Å². The van der Waals surface area contributed by atoms with Gasteiger partial charge in [-0.3, -0.25) is 4.79 Å². The normalized spacial score (nSPS) is 31.0. The molecule has 1 saturated carbocycles. The molecule has 0 radical (unpaired) electrons. The fourth-order valence-corrected chi connectivity index (χ4v) is 3.33. The second kappa shape index (κ2) is 4.69. The molecule has 3 rings (SSSR count). The monoisotopic (exact) mass is 245 g/mol. The highest BCUT2D eigenvalue weighted by molar-refractivity contribution is 6.03. The number of nitrogen functional groups attached to an aromatic ring is 1.